The van der Waals surface area contributed by atoms with Crippen LogP contribution < -0.4 is 10.6 Å². The van der Waals surface area contributed by atoms with Crippen LogP contribution in [0.5, 0.6) is 0 Å². The first kappa shape index (κ1) is 30.6. The molecule has 2 aliphatic rings. The molecule has 11 nitrogen and oxygen atoms in total. The number of hydrogen-bond donors (Lipinski definition) is 3. The molecule has 47 heavy (non-hydrogen) atoms. The molecule has 3 aromatic carbocycles. The Morgan fingerprint density at radius 2 is 1.96 bits per heavy atom. The molecular weight excluding hydrogens is 618 g/mol. The third-order valence-electron chi connectivity index (χ3n) is 9.13. The van der Waals surface area contributed by atoms with Crippen LogP contribution in [0.1, 0.15) is 45.1 Å². The lowest BCUT2D eigenvalue weighted by molar-refractivity contribution is -0.141. The highest BCUT2D eigenvalue weighted by molar-refractivity contribution is 6.36. The summed E-state index contributed by atoms with van der Waals surface area (Å²) in [6.45, 7) is 5.12. The molecule has 4 heterocycles. The van der Waals surface area contributed by atoms with Crippen LogP contribution in [0.2, 0.25) is 5.02 Å². The number of aromatic nitrogens is 3. The summed E-state index contributed by atoms with van der Waals surface area (Å²) >= 11 is 6.94. The molecular formula is C35H32ClN7O4. The quantitative estimate of drug-likeness (QED) is 0.207. The number of rotatable bonds is 7. The van der Waals surface area contributed by atoms with Crippen molar-refractivity contribution < 1.29 is 19.1 Å². The molecule has 238 valence electrons. The van der Waals surface area contributed by atoms with Crippen LogP contribution in [-0.4, -0.2) is 56.1 Å². The van der Waals surface area contributed by atoms with Crippen LogP contribution in [0, 0.1) is 24.2 Å². The zero-order chi connectivity index (χ0) is 32.8. The van der Waals surface area contributed by atoms with Crippen LogP contribution >= 0.6 is 11.6 Å². The highest BCUT2D eigenvalue weighted by Gasteiger charge is 2.28. The van der Waals surface area contributed by atoms with Crippen LogP contribution in [0.4, 0.5) is 5.69 Å². The number of halogens is 1. The van der Waals surface area contributed by atoms with Crippen molar-refractivity contribution in [3.63, 3.8) is 0 Å². The monoisotopic (exact) mass is 649 g/mol. The predicted molar refractivity (Wildman–Crippen MR) is 177 cm³/mol. The van der Waals surface area contributed by atoms with Gasteiger partial charge in [-0.15, -0.1) is 0 Å². The molecule has 2 aliphatic heterocycles. The molecule has 1 fully saturated rings. The molecule has 7 rings (SSSR count). The molecule has 1 amide bonds. The number of fused-ring (bicyclic) bond motifs is 2. The van der Waals surface area contributed by atoms with Crippen LogP contribution in [-0.2, 0) is 31.4 Å². The van der Waals surface area contributed by atoms with Gasteiger partial charge >= 0.3 is 5.97 Å². The zero-order valence-electron chi connectivity index (χ0n) is 25.9. The number of aliphatic carboxylic acids is 1. The summed E-state index contributed by atoms with van der Waals surface area (Å²) in [6, 6.07) is 17.2. The van der Waals surface area contributed by atoms with E-state index < -0.39 is 5.97 Å². The highest BCUT2D eigenvalue weighted by Crippen LogP contribution is 2.39. The maximum Gasteiger partial charge on any atom is 0.307 e. The van der Waals surface area contributed by atoms with Gasteiger partial charge in [0.1, 0.15) is 11.6 Å². The summed E-state index contributed by atoms with van der Waals surface area (Å²) < 4.78 is 8.04. The summed E-state index contributed by atoms with van der Waals surface area (Å²) in [7, 11) is 1.86. The molecule has 0 spiro atoms. The number of carbonyl (C=O) groups excluding carboxylic acids is 1. The van der Waals surface area contributed by atoms with Crippen molar-refractivity contribution in [1.29, 1.82) is 5.26 Å². The Kier molecular flexibility index (Phi) is 8.01. The Balaban J connectivity index is 1.18. The fourth-order valence-electron chi connectivity index (χ4n) is 6.65. The van der Waals surface area contributed by atoms with Crippen LogP contribution in [0.25, 0.3) is 33.7 Å². The standard InChI is InChI=1S/C35H32ClN7O4/c1-19-23(25-7-4-8-26(30(25)36)40-33(44)32-39-28-16-38-11-9-29(28)42(32)2)5-3-6-24(19)34-41-27-14-20(13-22(15-37)31(27)47-34)17-43-12-10-21(18-43)35(45)46/h3-8,13-14,21,38H,9-12,16-18H2,1-2H3,(H,40,44)(H,45,46)/t21-/m0/s1. The van der Waals surface area contributed by atoms with E-state index in [-0.39, 0.29) is 11.8 Å². The van der Waals surface area contributed by atoms with Gasteiger partial charge < -0.3 is 24.7 Å². The lowest BCUT2D eigenvalue weighted by atomic mass is 9.96. The molecule has 0 radical (unpaired) electrons. The van der Waals surface area contributed by atoms with Crippen LogP contribution in [0.15, 0.2) is 52.9 Å². The van der Waals surface area contributed by atoms with Crippen molar-refractivity contribution in [2.24, 2.45) is 13.0 Å². The summed E-state index contributed by atoms with van der Waals surface area (Å²) in [5, 5.41) is 25.9. The second kappa shape index (κ2) is 12.3. The third kappa shape index (κ3) is 5.65. The molecule has 1 saturated heterocycles. The number of carbonyl (C=O) groups is 2. The number of nitrogens with zero attached hydrogens (tertiary/aromatic N) is 5. The van der Waals surface area contributed by atoms with E-state index in [2.05, 4.69) is 26.6 Å². The van der Waals surface area contributed by atoms with Gasteiger partial charge in [-0.05, 0) is 60.8 Å². The molecule has 0 unspecified atom stereocenters. The molecule has 0 aliphatic carbocycles. The third-order valence-corrected chi connectivity index (χ3v) is 9.54. The van der Waals surface area contributed by atoms with E-state index in [0.717, 1.165) is 52.2 Å². The number of amides is 1. The molecule has 0 bridgehead atoms. The first-order valence-electron chi connectivity index (χ1n) is 15.5. The second-order valence-corrected chi connectivity index (χ2v) is 12.5. The van der Waals surface area contributed by atoms with E-state index in [9.17, 15) is 20.0 Å². The van der Waals surface area contributed by atoms with E-state index in [4.69, 9.17) is 21.0 Å². The molecule has 3 N–H and O–H groups in total. The maximum atomic E-state index is 13.3. The smallest absolute Gasteiger partial charge is 0.307 e. The minimum absolute atomic E-state index is 0.332. The average Bonchev–Trinajstić information content (AvgIpc) is 3.80. The zero-order valence-corrected chi connectivity index (χ0v) is 26.7. The van der Waals surface area contributed by atoms with Crippen molar-refractivity contribution in [2.75, 3.05) is 25.0 Å². The Bertz CT molecular complexity index is 2110. The van der Waals surface area contributed by atoms with E-state index in [1.54, 1.807) is 12.1 Å². The first-order chi connectivity index (χ1) is 22.7. The fraction of sp³-hybridized carbons (Fsp3) is 0.286. The van der Waals surface area contributed by atoms with E-state index in [0.29, 0.717) is 71.7 Å². The predicted octanol–water partition coefficient (Wildman–Crippen LogP) is 5.53. The Labute approximate surface area is 275 Å². The number of likely N-dealkylation sites (tertiary alicyclic amines) is 1. The number of imidazole rings is 1. The molecule has 12 heteroatoms. The lowest BCUT2D eigenvalue weighted by Gasteiger charge is -2.15. The normalized spacial score (nSPS) is 16.3. The summed E-state index contributed by atoms with van der Waals surface area (Å²) in [6.07, 6.45) is 1.42. The number of benzene rings is 3. The van der Waals surface area contributed by atoms with Gasteiger partial charge in [0.25, 0.3) is 5.91 Å². The van der Waals surface area contributed by atoms with Gasteiger partial charge in [0, 0.05) is 56.5 Å². The second-order valence-electron chi connectivity index (χ2n) is 12.1. The minimum atomic E-state index is -0.780. The number of hydrogen-bond acceptors (Lipinski definition) is 8. The van der Waals surface area contributed by atoms with Crippen molar-refractivity contribution in [3.05, 3.63) is 87.5 Å². The van der Waals surface area contributed by atoms with Crippen molar-refractivity contribution >= 4 is 40.3 Å². The first-order valence-corrected chi connectivity index (χ1v) is 15.8. The van der Waals surface area contributed by atoms with Gasteiger partial charge in [-0.25, -0.2) is 9.97 Å². The molecule has 2 aromatic heterocycles. The van der Waals surface area contributed by atoms with E-state index in [1.165, 1.54) is 0 Å². The molecule has 1 atom stereocenters. The van der Waals surface area contributed by atoms with Gasteiger partial charge in [0.2, 0.25) is 5.89 Å². The van der Waals surface area contributed by atoms with Gasteiger partial charge in [-0.2, -0.15) is 5.26 Å². The van der Waals surface area contributed by atoms with Gasteiger partial charge in [0.15, 0.2) is 11.4 Å². The lowest BCUT2D eigenvalue weighted by Crippen LogP contribution is -2.24. The number of nitriles is 1. The molecule has 0 saturated carbocycles. The number of oxazole rings is 1. The summed E-state index contributed by atoms with van der Waals surface area (Å²) in [5.41, 5.74) is 7.79. The van der Waals surface area contributed by atoms with Crippen molar-refractivity contribution in [1.82, 2.24) is 24.8 Å². The van der Waals surface area contributed by atoms with Crippen LogP contribution in [0.3, 0.4) is 0 Å². The van der Waals surface area contributed by atoms with E-state index >= 15 is 0 Å². The summed E-state index contributed by atoms with van der Waals surface area (Å²) in [5.74, 6) is -0.792. The maximum absolute atomic E-state index is 13.3. The molecule has 5 aromatic rings. The largest absolute Gasteiger partial charge is 0.481 e. The van der Waals surface area contributed by atoms with Gasteiger partial charge in [0.05, 0.1) is 27.9 Å². The Hall–Kier alpha value is -5.02. The fourth-order valence-corrected chi connectivity index (χ4v) is 6.92. The number of carboxylic acid groups (broad SMARTS) is 1. The minimum Gasteiger partial charge on any atom is -0.481 e. The van der Waals surface area contributed by atoms with Gasteiger partial charge in [-0.1, -0.05) is 35.9 Å². The van der Waals surface area contributed by atoms with Gasteiger partial charge in [-0.3, -0.25) is 14.5 Å². The SMILES string of the molecule is Cc1c(-c2nc3cc(CN4CC[C@H](C(=O)O)C4)cc(C#N)c3o2)cccc1-c1cccc(NC(=O)c2nc3c(n2C)CCNC3)c1Cl. The Morgan fingerprint density at radius 1 is 1.17 bits per heavy atom. The number of anilines is 1. The summed E-state index contributed by atoms with van der Waals surface area (Å²) in [4.78, 5) is 36.2. The van der Waals surface area contributed by atoms with Crippen molar-refractivity contribution in [3.8, 4) is 28.7 Å². The number of nitrogens with one attached hydrogen (secondary N) is 2. The highest BCUT2D eigenvalue weighted by atomic mass is 35.5. The number of carboxylic acids is 1. The van der Waals surface area contributed by atoms with E-state index in [1.807, 2.05) is 54.9 Å². The topological polar surface area (TPSA) is 149 Å². The average molecular weight is 650 g/mol. The Morgan fingerprint density at radius 3 is 2.72 bits per heavy atom. The van der Waals surface area contributed by atoms with Crippen molar-refractivity contribution in [2.45, 2.75) is 32.9 Å².